The summed E-state index contributed by atoms with van der Waals surface area (Å²) in [4.78, 5) is 27.3. The molecule has 1 aliphatic rings. The molecule has 0 aromatic carbocycles. The summed E-state index contributed by atoms with van der Waals surface area (Å²) in [7, 11) is 0. The van der Waals surface area contributed by atoms with Gasteiger partial charge in [0.1, 0.15) is 11.3 Å². The molecule has 0 aliphatic carbocycles. The fraction of sp³-hybridized carbons (Fsp3) is 0.556. The van der Waals surface area contributed by atoms with Crippen molar-refractivity contribution in [2.45, 2.75) is 24.5 Å². The van der Waals surface area contributed by atoms with Gasteiger partial charge in [-0.25, -0.2) is 4.79 Å². The Morgan fingerprint density at radius 3 is 3.00 bits per heavy atom. The molecule has 1 unspecified atom stereocenters. The third kappa shape index (κ3) is 2.30. The molecule has 2 rings (SSSR count). The normalized spacial score (nSPS) is 29.1. The number of nitrogens with zero attached hydrogens (tertiary/aromatic N) is 4. The Morgan fingerprint density at radius 1 is 1.70 bits per heavy atom. The van der Waals surface area contributed by atoms with E-state index in [1.807, 2.05) is 4.98 Å². The smallest absolute Gasteiger partial charge is 0.330 e. The summed E-state index contributed by atoms with van der Waals surface area (Å²) in [5, 5.41) is 22.1. The second-order valence-electron chi connectivity index (χ2n) is 4.16. The second kappa shape index (κ2) is 5.27. The summed E-state index contributed by atoms with van der Waals surface area (Å²) >= 11 is 5.61. The molecule has 108 valence electrons. The molecule has 3 atom stereocenters. The molecule has 1 aromatic rings. The minimum Gasteiger partial charge on any atom is -0.393 e. The third-order valence-electron chi connectivity index (χ3n) is 2.96. The molecule has 0 amide bonds. The van der Waals surface area contributed by atoms with E-state index in [1.165, 1.54) is 0 Å². The molecule has 10 nitrogen and oxygen atoms in total. The number of H-pyrrole nitrogens is 1. The van der Waals surface area contributed by atoms with Gasteiger partial charge in [0.25, 0.3) is 5.56 Å². The lowest BCUT2D eigenvalue weighted by molar-refractivity contribution is -0.124. The van der Waals surface area contributed by atoms with Crippen molar-refractivity contribution in [3.05, 3.63) is 42.5 Å². The van der Waals surface area contributed by atoms with E-state index in [9.17, 15) is 19.8 Å². The van der Waals surface area contributed by atoms with E-state index in [0.717, 1.165) is 10.8 Å². The Hall–Kier alpha value is -1.84. The number of aliphatic hydroxyl groups is 2. The Morgan fingerprint density at radius 2 is 2.40 bits per heavy atom. The standard InChI is InChI=1S/C9H10ClN5O5/c10-4-2-15(8(19)12-7(4)18)6-1-5(17)9(3-16,20-6)13-14-11/h2,5-6,16-17H,1,3H2,(H,12,18,19)/t5?,6-,9-/m0/s1. The highest BCUT2D eigenvalue weighted by Crippen LogP contribution is 2.37. The van der Waals surface area contributed by atoms with Crippen LogP contribution in [0.15, 0.2) is 20.9 Å². The summed E-state index contributed by atoms with van der Waals surface area (Å²) in [6.07, 6.45) is -1.43. The second-order valence-corrected chi connectivity index (χ2v) is 4.57. The summed E-state index contributed by atoms with van der Waals surface area (Å²) in [6.45, 7) is -0.763. The van der Waals surface area contributed by atoms with Gasteiger partial charge in [0.15, 0.2) is 5.72 Å². The maximum atomic E-state index is 11.7. The Bertz CT molecular complexity index is 680. The highest BCUT2D eigenvalue weighted by atomic mass is 35.5. The number of ether oxygens (including phenoxy) is 1. The first-order chi connectivity index (χ1) is 9.43. The lowest BCUT2D eigenvalue weighted by Crippen LogP contribution is -2.41. The lowest BCUT2D eigenvalue weighted by Gasteiger charge is -2.24. The molecule has 3 N–H and O–H groups in total. The number of halogens is 1. The van der Waals surface area contributed by atoms with Gasteiger partial charge in [-0.2, -0.15) is 0 Å². The third-order valence-corrected chi connectivity index (χ3v) is 3.23. The van der Waals surface area contributed by atoms with Crippen molar-refractivity contribution in [1.29, 1.82) is 0 Å². The molecule has 0 radical (unpaired) electrons. The topological polar surface area (TPSA) is 153 Å². The molecule has 1 fully saturated rings. The summed E-state index contributed by atoms with van der Waals surface area (Å²) in [6, 6.07) is 0. The Kier molecular flexibility index (Phi) is 3.84. The van der Waals surface area contributed by atoms with Crippen LogP contribution in [0.2, 0.25) is 5.02 Å². The molecule has 0 spiro atoms. The highest BCUT2D eigenvalue weighted by molar-refractivity contribution is 6.30. The number of nitrogens with one attached hydrogen (secondary N) is 1. The number of hydrogen-bond acceptors (Lipinski definition) is 6. The predicted octanol–water partition coefficient (Wildman–Crippen LogP) is -0.531. The first-order valence-electron chi connectivity index (χ1n) is 5.47. The number of aromatic amines is 1. The van der Waals surface area contributed by atoms with Crippen molar-refractivity contribution >= 4 is 11.6 Å². The van der Waals surface area contributed by atoms with Gasteiger partial charge in [-0.1, -0.05) is 16.7 Å². The van der Waals surface area contributed by atoms with Crippen molar-refractivity contribution in [2.24, 2.45) is 5.11 Å². The van der Waals surface area contributed by atoms with Gasteiger partial charge >= 0.3 is 5.69 Å². The highest BCUT2D eigenvalue weighted by Gasteiger charge is 2.48. The van der Waals surface area contributed by atoms with Gasteiger partial charge in [-0.15, -0.1) is 0 Å². The Balaban J connectivity index is 2.43. The quantitative estimate of drug-likeness (QED) is 0.389. The van der Waals surface area contributed by atoms with Gasteiger partial charge in [0.2, 0.25) is 0 Å². The first kappa shape index (κ1) is 14.6. The van der Waals surface area contributed by atoms with Crippen LogP contribution in [-0.4, -0.2) is 38.2 Å². The Labute approximate surface area is 115 Å². The molecular weight excluding hydrogens is 294 g/mol. The maximum Gasteiger partial charge on any atom is 0.330 e. The van der Waals surface area contributed by atoms with Crippen molar-refractivity contribution in [2.75, 3.05) is 6.61 Å². The van der Waals surface area contributed by atoms with Crippen LogP contribution in [0.25, 0.3) is 10.4 Å². The van der Waals surface area contributed by atoms with Crippen LogP contribution in [-0.2, 0) is 4.74 Å². The summed E-state index contributed by atoms with van der Waals surface area (Å²) in [5.41, 5.74) is 5.02. The van der Waals surface area contributed by atoms with Gasteiger partial charge in [-0.05, 0) is 5.53 Å². The largest absolute Gasteiger partial charge is 0.393 e. The van der Waals surface area contributed by atoms with E-state index in [4.69, 9.17) is 21.9 Å². The number of azide groups is 1. The van der Waals surface area contributed by atoms with Gasteiger partial charge in [0, 0.05) is 17.5 Å². The van der Waals surface area contributed by atoms with Crippen LogP contribution in [0.5, 0.6) is 0 Å². The molecule has 1 aromatic heterocycles. The van der Waals surface area contributed by atoms with E-state index < -0.39 is 35.9 Å². The minimum atomic E-state index is -1.87. The SMILES string of the molecule is [N-]=[N+]=N[C@@]1(CO)O[C@H](n2cc(Cl)c(=O)[nH]c2=O)CC1O. The molecule has 2 heterocycles. The zero-order valence-corrected chi connectivity index (χ0v) is 10.7. The molecular formula is C9H10ClN5O5. The van der Waals surface area contributed by atoms with Crippen LogP contribution >= 0.6 is 11.6 Å². The zero-order chi connectivity index (χ0) is 14.9. The lowest BCUT2D eigenvalue weighted by atomic mass is 10.1. The van der Waals surface area contributed by atoms with Gasteiger partial charge < -0.3 is 14.9 Å². The average Bonchev–Trinajstić information content (AvgIpc) is 2.72. The van der Waals surface area contributed by atoms with Crippen LogP contribution in [0.1, 0.15) is 12.6 Å². The fourth-order valence-electron chi connectivity index (χ4n) is 1.92. The number of hydrogen-bond donors (Lipinski definition) is 3. The summed E-state index contributed by atoms with van der Waals surface area (Å²) < 4.78 is 6.22. The molecule has 1 saturated heterocycles. The fourth-order valence-corrected chi connectivity index (χ4v) is 2.07. The summed E-state index contributed by atoms with van der Waals surface area (Å²) in [5.74, 6) is 0. The minimum absolute atomic E-state index is 0.123. The van der Waals surface area contributed by atoms with E-state index >= 15 is 0 Å². The molecule has 1 aliphatic heterocycles. The maximum absolute atomic E-state index is 11.7. The molecule has 20 heavy (non-hydrogen) atoms. The van der Waals surface area contributed by atoms with E-state index in [0.29, 0.717) is 0 Å². The predicted molar refractivity (Wildman–Crippen MR) is 66.0 cm³/mol. The first-order valence-corrected chi connectivity index (χ1v) is 5.85. The van der Waals surface area contributed by atoms with Gasteiger partial charge in [0.05, 0.1) is 12.7 Å². The van der Waals surface area contributed by atoms with Crippen molar-refractivity contribution in [1.82, 2.24) is 9.55 Å². The van der Waals surface area contributed by atoms with Crippen LogP contribution < -0.4 is 11.2 Å². The monoisotopic (exact) mass is 303 g/mol. The van der Waals surface area contributed by atoms with E-state index in [-0.39, 0.29) is 11.4 Å². The number of rotatable bonds is 3. The van der Waals surface area contributed by atoms with Crippen LogP contribution in [0, 0.1) is 0 Å². The molecule has 0 saturated carbocycles. The van der Waals surface area contributed by atoms with Crippen LogP contribution in [0.3, 0.4) is 0 Å². The molecule has 11 heteroatoms. The van der Waals surface area contributed by atoms with E-state index in [2.05, 4.69) is 10.0 Å². The zero-order valence-electron chi connectivity index (χ0n) is 9.93. The van der Waals surface area contributed by atoms with Gasteiger partial charge in [-0.3, -0.25) is 14.3 Å². The van der Waals surface area contributed by atoms with Crippen molar-refractivity contribution in [3.8, 4) is 0 Å². The number of aromatic nitrogens is 2. The molecule has 0 bridgehead atoms. The number of aliphatic hydroxyl groups excluding tert-OH is 2. The average molecular weight is 304 g/mol. The van der Waals surface area contributed by atoms with Crippen LogP contribution in [0.4, 0.5) is 0 Å². The van der Waals surface area contributed by atoms with Crippen molar-refractivity contribution < 1.29 is 14.9 Å². The van der Waals surface area contributed by atoms with E-state index in [1.54, 1.807) is 0 Å². The van der Waals surface area contributed by atoms with Crippen molar-refractivity contribution in [3.63, 3.8) is 0 Å².